The van der Waals surface area contributed by atoms with Crippen LogP contribution in [-0.4, -0.2) is 20.3 Å². The molecule has 2 aromatic carbocycles. The zero-order chi connectivity index (χ0) is 17.0. The molecule has 0 unspecified atom stereocenters. The van der Waals surface area contributed by atoms with E-state index in [1.807, 2.05) is 24.3 Å². The molecule has 23 heavy (non-hydrogen) atoms. The summed E-state index contributed by atoms with van der Waals surface area (Å²) in [5.41, 5.74) is 8.72. The Labute approximate surface area is 139 Å². The molecule has 3 heteroatoms. The van der Waals surface area contributed by atoms with Crippen molar-refractivity contribution < 1.29 is 9.47 Å². The average Bonchev–Trinajstić information content (AvgIpc) is 2.60. The smallest absolute Gasteiger partial charge is 0.118 e. The Bertz CT molecular complexity index is 570. The van der Waals surface area contributed by atoms with Gasteiger partial charge in [-0.05, 0) is 48.2 Å². The van der Waals surface area contributed by atoms with Crippen LogP contribution in [0.4, 0.5) is 0 Å². The largest absolute Gasteiger partial charge is 0.497 e. The molecule has 3 nitrogen and oxygen atoms in total. The normalized spacial score (nSPS) is 13.0. The Morgan fingerprint density at radius 3 is 1.39 bits per heavy atom. The van der Waals surface area contributed by atoms with Gasteiger partial charge in [0, 0.05) is 11.5 Å². The molecule has 0 saturated heterocycles. The van der Waals surface area contributed by atoms with E-state index in [4.69, 9.17) is 15.2 Å². The molecule has 2 N–H and O–H groups in total. The third-order valence-corrected chi connectivity index (χ3v) is 4.76. The van der Waals surface area contributed by atoms with Crippen LogP contribution in [0.25, 0.3) is 0 Å². The van der Waals surface area contributed by atoms with Crippen molar-refractivity contribution in [2.45, 2.75) is 32.2 Å². The van der Waals surface area contributed by atoms with E-state index in [9.17, 15) is 0 Å². The summed E-state index contributed by atoms with van der Waals surface area (Å²) >= 11 is 0. The number of methoxy groups -OCH3 is 2. The van der Waals surface area contributed by atoms with Crippen LogP contribution in [0.5, 0.6) is 11.5 Å². The molecular formula is C20H27NO2. The Hall–Kier alpha value is -2.00. The molecule has 0 aliphatic carbocycles. The maximum atomic E-state index is 6.64. The average molecular weight is 313 g/mol. The highest BCUT2D eigenvalue weighted by atomic mass is 16.5. The van der Waals surface area contributed by atoms with Gasteiger partial charge in [0.15, 0.2) is 0 Å². The molecule has 0 bridgehead atoms. The molecule has 0 amide bonds. The molecule has 0 aliphatic heterocycles. The van der Waals surface area contributed by atoms with E-state index >= 15 is 0 Å². The van der Waals surface area contributed by atoms with E-state index in [2.05, 4.69) is 45.0 Å². The molecule has 0 radical (unpaired) electrons. The summed E-state index contributed by atoms with van der Waals surface area (Å²) in [5.74, 6) is 2.05. The van der Waals surface area contributed by atoms with Crippen molar-refractivity contribution in [3.63, 3.8) is 0 Å². The summed E-state index contributed by atoms with van der Waals surface area (Å²) in [7, 11) is 3.36. The molecule has 124 valence electrons. The van der Waals surface area contributed by atoms with Gasteiger partial charge < -0.3 is 15.2 Å². The van der Waals surface area contributed by atoms with Crippen LogP contribution in [0.2, 0.25) is 0 Å². The van der Waals surface area contributed by atoms with Gasteiger partial charge in [0.05, 0.1) is 14.2 Å². The summed E-state index contributed by atoms with van der Waals surface area (Å²) in [6.07, 6.45) is 0. The zero-order valence-corrected chi connectivity index (χ0v) is 14.7. The Kier molecular flexibility index (Phi) is 5.32. The van der Waals surface area contributed by atoms with Crippen LogP contribution in [0.3, 0.4) is 0 Å². The van der Waals surface area contributed by atoms with Gasteiger partial charge in [-0.25, -0.2) is 0 Å². The molecule has 1 atom stereocenters. The van der Waals surface area contributed by atoms with Gasteiger partial charge >= 0.3 is 0 Å². The van der Waals surface area contributed by atoms with E-state index in [1.54, 1.807) is 14.2 Å². The fourth-order valence-corrected chi connectivity index (χ4v) is 3.09. The van der Waals surface area contributed by atoms with Gasteiger partial charge in [0.25, 0.3) is 0 Å². The first-order valence-corrected chi connectivity index (χ1v) is 7.98. The maximum absolute atomic E-state index is 6.64. The second-order valence-electron chi connectivity index (χ2n) is 6.43. The van der Waals surface area contributed by atoms with E-state index in [1.165, 1.54) is 11.1 Å². The lowest BCUT2D eigenvalue weighted by molar-refractivity contribution is 0.351. The first-order valence-electron chi connectivity index (χ1n) is 7.98. The molecule has 0 aliphatic rings. The second kappa shape index (κ2) is 7.05. The highest BCUT2D eigenvalue weighted by Gasteiger charge is 2.37. The number of hydrogen-bond acceptors (Lipinski definition) is 3. The molecule has 0 saturated carbocycles. The van der Waals surface area contributed by atoms with Crippen molar-refractivity contribution in [1.82, 2.24) is 0 Å². The number of benzene rings is 2. The predicted molar refractivity (Wildman–Crippen MR) is 95.3 cm³/mol. The fourth-order valence-electron chi connectivity index (χ4n) is 3.09. The van der Waals surface area contributed by atoms with Crippen LogP contribution in [0.15, 0.2) is 48.5 Å². The number of rotatable bonds is 6. The first kappa shape index (κ1) is 17.4. The van der Waals surface area contributed by atoms with Gasteiger partial charge in [-0.2, -0.15) is 0 Å². The zero-order valence-electron chi connectivity index (χ0n) is 14.7. The third-order valence-electron chi connectivity index (χ3n) is 4.76. The number of hydrogen-bond donors (Lipinski definition) is 1. The standard InChI is InChI=1S/C20H27NO2/c1-14(2)19(21)20(3,15-6-10-17(22-4)11-7-15)16-8-12-18(23-5)13-9-16/h6-14,19H,21H2,1-5H3/t19-/m1/s1. The SMILES string of the molecule is COc1ccc(C(C)(c2ccc(OC)cc2)[C@H](N)C(C)C)cc1. The van der Waals surface area contributed by atoms with Crippen molar-refractivity contribution in [3.8, 4) is 11.5 Å². The van der Waals surface area contributed by atoms with Crippen LogP contribution < -0.4 is 15.2 Å². The number of nitrogens with two attached hydrogens (primary N) is 1. The lowest BCUT2D eigenvalue weighted by Crippen LogP contribution is -2.47. The van der Waals surface area contributed by atoms with Gasteiger partial charge in [0.2, 0.25) is 0 Å². The molecule has 0 aromatic heterocycles. The van der Waals surface area contributed by atoms with Crippen LogP contribution in [-0.2, 0) is 5.41 Å². The third kappa shape index (κ3) is 3.35. The number of ether oxygens (including phenoxy) is 2. The van der Waals surface area contributed by atoms with E-state index in [0.29, 0.717) is 5.92 Å². The lowest BCUT2D eigenvalue weighted by Gasteiger charge is -2.39. The summed E-state index contributed by atoms with van der Waals surface area (Å²) in [5, 5.41) is 0. The van der Waals surface area contributed by atoms with Crippen LogP contribution in [0.1, 0.15) is 31.9 Å². The molecule has 2 rings (SSSR count). The van der Waals surface area contributed by atoms with E-state index in [0.717, 1.165) is 11.5 Å². The maximum Gasteiger partial charge on any atom is 0.118 e. The highest BCUT2D eigenvalue weighted by Crippen LogP contribution is 2.38. The minimum Gasteiger partial charge on any atom is -0.497 e. The Morgan fingerprint density at radius 1 is 0.783 bits per heavy atom. The summed E-state index contributed by atoms with van der Waals surface area (Å²) in [6.45, 7) is 6.53. The quantitative estimate of drug-likeness (QED) is 0.877. The van der Waals surface area contributed by atoms with E-state index in [-0.39, 0.29) is 11.5 Å². The summed E-state index contributed by atoms with van der Waals surface area (Å²) in [6, 6.07) is 16.4. The molecule has 0 heterocycles. The minimum absolute atomic E-state index is 0.00992. The molecular weight excluding hydrogens is 286 g/mol. The first-order chi connectivity index (χ1) is 10.9. The van der Waals surface area contributed by atoms with Gasteiger partial charge in [-0.15, -0.1) is 0 Å². The Morgan fingerprint density at radius 2 is 1.13 bits per heavy atom. The van der Waals surface area contributed by atoms with Crippen molar-refractivity contribution >= 4 is 0 Å². The summed E-state index contributed by atoms with van der Waals surface area (Å²) in [4.78, 5) is 0. The second-order valence-corrected chi connectivity index (χ2v) is 6.43. The predicted octanol–water partition coefficient (Wildman–Crippen LogP) is 3.99. The summed E-state index contributed by atoms with van der Waals surface area (Å²) < 4.78 is 10.6. The topological polar surface area (TPSA) is 44.5 Å². The van der Waals surface area contributed by atoms with E-state index < -0.39 is 0 Å². The molecule has 0 spiro atoms. The lowest BCUT2D eigenvalue weighted by atomic mass is 9.68. The van der Waals surface area contributed by atoms with Crippen LogP contribution in [0, 0.1) is 5.92 Å². The van der Waals surface area contributed by atoms with Crippen molar-refractivity contribution in [1.29, 1.82) is 0 Å². The van der Waals surface area contributed by atoms with Gasteiger partial charge in [-0.1, -0.05) is 38.1 Å². The van der Waals surface area contributed by atoms with Crippen molar-refractivity contribution in [2.75, 3.05) is 14.2 Å². The van der Waals surface area contributed by atoms with Crippen LogP contribution >= 0.6 is 0 Å². The fraction of sp³-hybridized carbons (Fsp3) is 0.400. The van der Waals surface area contributed by atoms with Crippen molar-refractivity contribution in [2.24, 2.45) is 11.7 Å². The molecule has 2 aromatic rings. The molecule has 0 fully saturated rings. The monoisotopic (exact) mass is 313 g/mol. The minimum atomic E-state index is -0.285. The Balaban J connectivity index is 2.53. The highest BCUT2D eigenvalue weighted by molar-refractivity contribution is 5.44. The van der Waals surface area contributed by atoms with Gasteiger partial charge in [0.1, 0.15) is 11.5 Å². The van der Waals surface area contributed by atoms with Gasteiger partial charge in [-0.3, -0.25) is 0 Å². The van der Waals surface area contributed by atoms with Crippen molar-refractivity contribution in [3.05, 3.63) is 59.7 Å².